The van der Waals surface area contributed by atoms with Gasteiger partial charge in [0.15, 0.2) is 0 Å². The highest BCUT2D eigenvalue weighted by Crippen LogP contribution is 2.28. The molecule has 22 heavy (non-hydrogen) atoms. The lowest BCUT2D eigenvalue weighted by molar-refractivity contribution is -0.129. The number of carbonyl (C=O) groups excluding carboxylic acids is 2. The highest BCUT2D eigenvalue weighted by atomic mass is 16.5. The van der Waals surface area contributed by atoms with Crippen molar-refractivity contribution in [1.82, 2.24) is 0 Å². The Morgan fingerprint density at radius 2 is 2.00 bits per heavy atom. The van der Waals surface area contributed by atoms with E-state index in [2.05, 4.69) is 11.3 Å². The Balaban J connectivity index is 3.56. The smallest absolute Gasteiger partial charge is 0.338 e. The van der Waals surface area contributed by atoms with Crippen LogP contribution in [0.15, 0.2) is 24.8 Å². The van der Waals surface area contributed by atoms with Crippen LogP contribution in [-0.2, 0) is 16.0 Å². The Labute approximate surface area is 126 Å². The lowest BCUT2D eigenvalue weighted by Crippen LogP contribution is -2.18. The van der Waals surface area contributed by atoms with Gasteiger partial charge in [0.2, 0.25) is 0 Å². The maximum Gasteiger partial charge on any atom is 0.338 e. The van der Waals surface area contributed by atoms with Crippen molar-refractivity contribution in [3.63, 3.8) is 0 Å². The van der Waals surface area contributed by atoms with Gasteiger partial charge in [0, 0.05) is 18.1 Å². The number of carbonyl (C=O) groups is 3. The number of esters is 2. The first-order valence-corrected chi connectivity index (χ1v) is 6.31. The topological polar surface area (TPSA) is 110 Å². The molecular formula is C15H16O7. The molecule has 0 heterocycles. The fourth-order valence-corrected chi connectivity index (χ4v) is 1.90. The molecule has 1 aromatic carbocycles. The van der Waals surface area contributed by atoms with Gasteiger partial charge in [0.05, 0.1) is 24.3 Å². The number of aromatic carboxylic acids is 1. The summed E-state index contributed by atoms with van der Waals surface area (Å²) in [6.07, 6.45) is -0.111. The number of hydrogen-bond donors (Lipinski definition) is 2. The minimum atomic E-state index is -1.40. The first-order valence-electron chi connectivity index (χ1n) is 6.31. The van der Waals surface area contributed by atoms with Crippen molar-refractivity contribution in [2.45, 2.75) is 19.4 Å². The highest BCUT2D eigenvalue weighted by molar-refractivity contribution is 6.04. The van der Waals surface area contributed by atoms with Crippen molar-refractivity contribution < 1.29 is 34.1 Å². The van der Waals surface area contributed by atoms with Crippen LogP contribution in [0.3, 0.4) is 0 Å². The van der Waals surface area contributed by atoms with E-state index in [0.717, 1.165) is 13.2 Å². The molecule has 1 rings (SSSR count). The quantitative estimate of drug-likeness (QED) is 0.461. The third-order valence-electron chi connectivity index (χ3n) is 2.77. The van der Waals surface area contributed by atoms with Crippen molar-refractivity contribution in [1.29, 1.82) is 0 Å². The van der Waals surface area contributed by atoms with E-state index >= 15 is 0 Å². The summed E-state index contributed by atoms with van der Waals surface area (Å²) in [7, 11) is 1.12. The van der Waals surface area contributed by atoms with Gasteiger partial charge in [-0.2, -0.15) is 0 Å². The average Bonchev–Trinajstić information content (AvgIpc) is 2.46. The molecule has 0 saturated heterocycles. The summed E-state index contributed by atoms with van der Waals surface area (Å²) in [6.45, 7) is 4.69. The molecule has 1 aromatic rings. The number of carboxylic acids is 1. The molecule has 0 aromatic heterocycles. The third-order valence-corrected chi connectivity index (χ3v) is 2.77. The van der Waals surface area contributed by atoms with E-state index < -0.39 is 24.0 Å². The molecule has 7 heteroatoms. The van der Waals surface area contributed by atoms with Crippen molar-refractivity contribution in [3.8, 4) is 5.75 Å². The number of rotatable bonds is 6. The highest BCUT2D eigenvalue weighted by Gasteiger charge is 2.25. The lowest BCUT2D eigenvalue weighted by Gasteiger charge is -2.16. The molecule has 0 amide bonds. The van der Waals surface area contributed by atoms with Crippen molar-refractivity contribution >= 4 is 17.9 Å². The Hall–Kier alpha value is -2.67. The minimum Gasteiger partial charge on any atom is -0.478 e. The van der Waals surface area contributed by atoms with Gasteiger partial charge in [-0.25, -0.2) is 14.4 Å². The molecule has 0 aliphatic heterocycles. The standard InChI is InChI=1S/C15H16O7/c1-4-12(17)22-11-6-5-9(15(20)21-3)13(14(18)19)10(11)7-8(2)16/h4-6,8,16H,1,7H2,2-3H3,(H,18,19). The molecule has 0 aliphatic rings. The number of aliphatic hydroxyl groups is 1. The van der Waals surface area contributed by atoms with Crippen LogP contribution in [0.4, 0.5) is 0 Å². The molecular weight excluding hydrogens is 292 g/mol. The van der Waals surface area contributed by atoms with Crippen LogP contribution in [0.2, 0.25) is 0 Å². The molecule has 118 valence electrons. The second kappa shape index (κ2) is 7.37. The fourth-order valence-electron chi connectivity index (χ4n) is 1.90. The second-order valence-electron chi connectivity index (χ2n) is 4.44. The Morgan fingerprint density at radius 1 is 1.36 bits per heavy atom. The molecule has 1 unspecified atom stereocenters. The zero-order valence-corrected chi connectivity index (χ0v) is 12.2. The van der Waals surface area contributed by atoms with E-state index in [0.29, 0.717) is 0 Å². The van der Waals surface area contributed by atoms with Gasteiger partial charge in [-0.1, -0.05) is 6.58 Å². The van der Waals surface area contributed by atoms with Crippen LogP contribution in [-0.4, -0.2) is 41.3 Å². The van der Waals surface area contributed by atoms with E-state index in [1.54, 1.807) is 0 Å². The van der Waals surface area contributed by atoms with Crippen molar-refractivity contribution in [2.24, 2.45) is 0 Å². The van der Waals surface area contributed by atoms with Crippen LogP contribution in [0.5, 0.6) is 5.75 Å². The third kappa shape index (κ3) is 3.92. The first-order chi connectivity index (χ1) is 10.3. The zero-order valence-electron chi connectivity index (χ0n) is 12.2. The maximum absolute atomic E-state index is 11.7. The largest absolute Gasteiger partial charge is 0.478 e. The van der Waals surface area contributed by atoms with Gasteiger partial charge in [0.1, 0.15) is 5.75 Å². The van der Waals surface area contributed by atoms with Crippen LogP contribution < -0.4 is 4.74 Å². The predicted molar refractivity (Wildman–Crippen MR) is 76.0 cm³/mol. The summed E-state index contributed by atoms with van der Waals surface area (Å²) in [4.78, 5) is 34.5. The Bertz CT molecular complexity index is 617. The molecule has 0 fully saturated rings. The SMILES string of the molecule is C=CC(=O)Oc1ccc(C(=O)OC)c(C(=O)O)c1CC(C)O. The van der Waals surface area contributed by atoms with Gasteiger partial charge in [0.25, 0.3) is 0 Å². The summed E-state index contributed by atoms with van der Waals surface area (Å²) < 4.78 is 9.51. The van der Waals surface area contributed by atoms with Gasteiger partial charge in [-0.3, -0.25) is 0 Å². The molecule has 0 saturated carbocycles. The number of methoxy groups -OCH3 is 1. The number of benzene rings is 1. The molecule has 2 N–H and O–H groups in total. The van der Waals surface area contributed by atoms with Crippen LogP contribution >= 0.6 is 0 Å². The summed E-state index contributed by atoms with van der Waals surface area (Å²) in [5, 5.41) is 18.9. The van der Waals surface area contributed by atoms with Crippen LogP contribution in [0.1, 0.15) is 33.2 Å². The molecule has 0 spiro atoms. The number of aliphatic hydroxyl groups excluding tert-OH is 1. The van der Waals surface area contributed by atoms with Crippen LogP contribution in [0.25, 0.3) is 0 Å². The predicted octanol–water partition coefficient (Wildman–Crippen LogP) is 1.19. The summed E-state index contributed by atoms with van der Waals surface area (Å²) in [5.41, 5.74) is -0.535. The Morgan fingerprint density at radius 3 is 2.45 bits per heavy atom. The maximum atomic E-state index is 11.7. The zero-order chi connectivity index (χ0) is 16.9. The number of hydrogen-bond acceptors (Lipinski definition) is 6. The summed E-state index contributed by atoms with van der Waals surface area (Å²) in [6, 6.07) is 2.46. The number of ether oxygens (including phenoxy) is 2. The second-order valence-corrected chi connectivity index (χ2v) is 4.44. The van der Waals surface area contributed by atoms with E-state index in [9.17, 15) is 24.6 Å². The Kier molecular flexibility index (Phi) is 5.82. The first kappa shape index (κ1) is 17.4. The van der Waals surface area contributed by atoms with Gasteiger partial charge in [-0.15, -0.1) is 0 Å². The molecule has 0 aliphatic carbocycles. The molecule has 0 radical (unpaired) electrons. The number of carboxylic acid groups (broad SMARTS) is 1. The average molecular weight is 308 g/mol. The summed E-state index contributed by atoms with van der Waals surface area (Å²) >= 11 is 0. The summed E-state index contributed by atoms with van der Waals surface area (Å²) in [5.74, 6) is -3.08. The van der Waals surface area contributed by atoms with Gasteiger partial charge >= 0.3 is 17.9 Å². The van der Waals surface area contributed by atoms with Crippen molar-refractivity contribution in [3.05, 3.63) is 41.5 Å². The van der Waals surface area contributed by atoms with Crippen molar-refractivity contribution in [2.75, 3.05) is 7.11 Å². The fraction of sp³-hybridized carbons (Fsp3) is 0.267. The van der Waals surface area contributed by atoms with E-state index in [1.165, 1.54) is 19.1 Å². The normalized spacial score (nSPS) is 11.4. The monoisotopic (exact) mass is 308 g/mol. The van der Waals surface area contributed by atoms with Gasteiger partial charge in [-0.05, 0) is 19.1 Å². The lowest BCUT2D eigenvalue weighted by atomic mass is 9.95. The minimum absolute atomic E-state index is 0.0283. The molecule has 0 bridgehead atoms. The van der Waals surface area contributed by atoms with Crippen LogP contribution in [0, 0.1) is 0 Å². The molecule has 1 atom stereocenters. The van der Waals surface area contributed by atoms with Gasteiger partial charge < -0.3 is 19.7 Å². The van der Waals surface area contributed by atoms with E-state index in [4.69, 9.17) is 4.74 Å². The van der Waals surface area contributed by atoms with E-state index in [-0.39, 0.29) is 28.9 Å². The van der Waals surface area contributed by atoms with E-state index in [1.807, 2.05) is 0 Å². The molecule has 7 nitrogen and oxygen atoms in total.